The summed E-state index contributed by atoms with van der Waals surface area (Å²) in [4.78, 5) is 22.1. The molecule has 2 aromatic rings. The lowest BCUT2D eigenvalue weighted by Gasteiger charge is -2.08. The van der Waals surface area contributed by atoms with E-state index in [-0.39, 0.29) is 11.3 Å². The summed E-state index contributed by atoms with van der Waals surface area (Å²) >= 11 is 3.05. The van der Waals surface area contributed by atoms with Gasteiger partial charge in [0.05, 0.1) is 10.5 Å². The number of aromatic hydroxyl groups is 1. The molecule has 0 saturated carbocycles. The molecule has 2 aromatic carbocycles. The fourth-order valence-electron chi connectivity index (χ4n) is 1.66. The predicted molar refractivity (Wildman–Crippen MR) is 76.8 cm³/mol. The molecular weight excluding hydrogens is 347 g/mol. The lowest BCUT2D eigenvalue weighted by Crippen LogP contribution is -2.15. The van der Waals surface area contributed by atoms with Gasteiger partial charge in [-0.1, -0.05) is 22.0 Å². The van der Waals surface area contributed by atoms with Crippen LogP contribution in [-0.2, 0) is 0 Å². The molecule has 0 saturated heterocycles. The first kappa shape index (κ1) is 14.9. The maximum absolute atomic E-state index is 13.7. The van der Waals surface area contributed by atoms with Crippen molar-refractivity contribution in [3.05, 3.63) is 62.4 Å². The van der Waals surface area contributed by atoms with Crippen molar-refractivity contribution in [3.63, 3.8) is 0 Å². The van der Waals surface area contributed by atoms with E-state index in [1.54, 1.807) is 0 Å². The van der Waals surface area contributed by atoms with Crippen LogP contribution in [0.25, 0.3) is 0 Å². The van der Waals surface area contributed by atoms with Gasteiger partial charge in [-0.15, -0.1) is 0 Å². The monoisotopic (exact) mass is 354 g/mol. The van der Waals surface area contributed by atoms with Gasteiger partial charge in [0.1, 0.15) is 11.6 Å². The van der Waals surface area contributed by atoms with Gasteiger partial charge in [-0.2, -0.15) is 0 Å². The van der Waals surface area contributed by atoms with E-state index in [1.165, 1.54) is 24.3 Å². The molecule has 108 valence electrons. The lowest BCUT2D eigenvalue weighted by molar-refractivity contribution is -0.384. The number of amides is 1. The molecular formula is C13H8BrFN2O4. The number of rotatable bonds is 3. The zero-order valence-electron chi connectivity index (χ0n) is 10.3. The normalized spacial score (nSPS) is 10.2. The summed E-state index contributed by atoms with van der Waals surface area (Å²) in [5.41, 5.74) is -1.16. The second-order valence-electron chi connectivity index (χ2n) is 4.01. The molecule has 0 fully saturated rings. The molecule has 0 aromatic heterocycles. The first-order valence-electron chi connectivity index (χ1n) is 5.63. The summed E-state index contributed by atoms with van der Waals surface area (Å²) in [6, 6.07) is 7.34. The van der Waals surface area contributed by atoms with Gasteiger partial charge in [0.15, 0.2) is 5.69 Å². The summed E-state index contributed by atoms with van der Waals surface area (Å²) in [5, 5.41) is 22.6. The molecule has 0 aliphatic carbocycles. The van der Waals surface area contributed by atoms with Crippen LogP contribution < -0.4 is 5.32 Å². The molecule has 2 rings (SSSR count). The molecule has 0 aliphatic heterocycles. The number of carbonyl (C=O) groups is 1. The Bertz CT molecular complexity index is 736. The van der Waals surface area contributed by atoms with E-state index in [1.807, 2.05) is 0 Å². The number of halogens is 2. The Morgan fingerprint density at radius 1 is 1.33 bits per heavy atom. The van der Waals surface area contributed by atoms with Crippen molar-refractivity contribution < 1.29 is 19.2 Å². The van der Waals surface area contributed by atoms with Gasteiger partial charge in [0.2, 0.25) is 0 Å². The number of nitro groups is 1. The Hall–Kier alpha value is -2.48. The number of carbonyl (C=O) groups excluding carboxylic acids is 1. The van der Waals surface area contributed by atoms with Crippen LogP contribution in [0.5, 0.6) is 5.75 Å². The third-order valence-corrected chi connectivity index (χ3v) is 3.12. The predicted octanol–water partition coefficient (Wildman–Crippen LogP) is 3.45. The molecule has 6 nitrogen and oxygen atoms in total. The van der Waals surface area contributed by atoms with Gasteiger partial charge in [-0.3, -0.25) is 14.9 Å². The summed E-state index contributed by atoms with van der Waals surface area (Å²) in [6.07, 6.45) is 0. The number of nitro benzene ring substituents is 1. The minimum atomic E-state index is -0.899. The quantitative estimate of drug-likeness (QED) is 0.501. The molecule has 0 aliphatic rings. The summed E-state index contributed by atoms with van der Waals surface area (Å²) in [6.45, 7) is 0. The highest BCUT2D eigenvalue weighted by Gasteiger charge is 2.21. The number of nitrogens with zero attached hydrogens (tertiary/aromatic N) is 1. The van der Waals surface area contributed by atoms with Crippen molar-refractivity contribution in [1.82, 2.24) is 0 Å². The van der Waals surface area contributed by atoms with Gasteiger partial charge >= 0.3 is 0 Å². The smallest absolute Gasteiger partial charge is 0.296 e. The second-order valence-corrected chi connectivity index (χ2v) is 4.92. The van der Waals surface area contributed by atoms with E-state index in [2.05, 4.69) is 21.2 Å². The molecule has 0 bridgehead atoms. The number of phenols is 1. The highest BCUT2D eigenvalue weighted by Crippen LogP contribution is 2.33. The third-order valence-electron chi connectivity index (χ3n) is 2.63. The average Bonchev–Trinajstić information content (AvgIpc) is 2.40. The zero-order chi connectivity index (χ0) is 15.6. The van der Waals surface area contributed by atoms with Crippen LogP contribution in [0.3, 0.4) is 0 Å². The van der Waals surface area contributed by atoms with E-state index >= 15 is 0 Å². The molecule has 8 heteroatoms. The van der Waals surface area contributed by atoms with Crippen molar-refractivity contribution >= 4 is 33.2 Å². The fraction of sp³-hybridized carbons (Fsp3) is 0. The molecule has 21 heavy (non-hydrogen) atoms. The molecule has 2 N–H and O–H groups in total. The van der Waals surface area contributed by atoms with Crippen LogP contribution in [0, 0.1) is 15.9 Å². The van der Waals surface area contributed by atoms with Crippen molar-refractivity contribution in [2.24, 2.45) is 0 Å². The second kappa shape index (κ2) is 5.88. The van der Waals surface area contributed by atoms with E-state index in [0.717, 1.165) is 12.1 Å². The number of hydrogen-bond donors (Lipinski definition) is 2. The summed E-state index contributed by atoms with van der Waals surface area (Å²) in [5.74, 6) is -2.17. The Kier molecular flexibility index (Phi) is 4.18. The zero-order valence-corrected chi connectivity index (χ0v) is 11.9. The van der Waals surface area contributed by atoms with Crippen molar-refractivity contribution in [2.75, 3.05) is 5.32 Å². The number of para-hydroxylation sites is 1. The number of hydrogen-bond acceptors (Lipinski definition) is 4. The SMILES string of the molecule is O=C(Nc1c(O)cccc1[N+](=O)[O-])c1ccc(Br)cc1F. The first-order chi connectivity index (χ1) is 9.90. The van der Waals surface area contributed by atoms with E-state index < -0.39 is 28.1 Å². The molecule has 0 spiro atoms. The summed E-state index contributed by atoms with van der Waals surface area (Å²) < 4.78 is 14.1. The molecule has 0 heterocycles. The van der Waals surface area contributed by atoms with Gasteiger partial charge in [-0.25, -0.2) is 4.39 Å². The van der Waals surface area contributed by atoms with Gasteiger partial charge in [-0.05, 0) is 24.3 Å². The number of anilines is 1. The van der Waals surface area contributed by atoms with Crippen molar-refractivity contribution in [3.8, 4) is 5.75 Å². The van der Waals surface area contributed by atoms with Crippen LogP contribution in [0.2, 0.25) is 0 Å². The number of nitrogens with one attached hydrogen (secondary N) is 1. The Balaban J connectivity index is 2.38. The minimum Gasteiger partial charge on any atom is -0.505 e. The standard InChI is InChI=1S/C13H8BrFN2O4/c14-7-4-5-8(9(15)6-7)13(19)16-12-10(17(20)21)2-1-3-11(12)18/h1-6,18H,(H,16,19). The summed E-state index contributed by atoms with van der Waals surface area (Å²) in [7, 11) is 0. The highest BCUT2D eigenvalue weighted by atomic mass is 79.9. The van der Waals surface area contributed by atoms with Crippen molar-refractivity contribution in [2.45, 2.75) is 0 Å². The van der Waals surface area contributed by atoms with E-state index in [0.29, 0.717) is 4.47 Å². The van der Waals surface area contributed by atoms with Crippen LogP contribution in [0.1, 0.15) is 10.4 Å². The van der Waals surface area contributed by atoms with Gasteiger partial charge in [0, 0.05) is 10.5 Å². The van der Waals surface area contributed by atoms with Crippen molar-refractivity contribution in [1.29, 1.82) is 0 Å². The Morgan fingerprint density at radius 3 is 2.67 bits per heavy atom. The maximum atomic E-state index is 13.7. The van der Waals surface area contributed by atoms with Crippen LogP contribution in [-0.4, -0.2) is 15.9 Å². The lowest BCUT2D eigenvalue weighted by atomic mass is 10.2. The first-order valence-corrected chi connectivity index (χ1v) is 6.42. The number of phenolic OH excluding ortho intramolecular Hbond substituents is 1. The van der Waals surface area contributed by atoms with Crippen LogP contribution in [0.4, 0.5) is 15.8 Å². The topological polar surface area (TPSA) is 92.5 Å². The Morgan fingerprint density at radius 2 is 2.05 bits per heavy atom. The molecule has 0 unspecified atom stereocenters. The highest BCUT2D eigenvalue weighted by molar-refractivity contribution is 9.10. The fourth-order valence-corrected chi connectivity index (χ4v) is 2.00. The van der Waals surface area contributed by atoms with E-state index in [9.17, 15) is 24.4 Å². The van der Waals surface area contributed by atoms with Crippen LogP contribution in [0.15, 0.2) is 40.9 Å². The van der Waals surface area contributed by atoms with Gasteiger partial charge < -0.3 is 10.4 Å². The van der Waals surface area contributed by atoms with E-state index in [4.69, 9.17) is 0 Å². The molecule has 0 atom stereocenters. The molecule has 0 radical (unpaired) electrons. The largest absolute Gasteiger partial charge is 0.505 e. The van der Waals surface area contributed by atoms with Crippen LogP contribution >= 0.6 is 15.9 Å². The third kappa shape index (κ3) is 3.16. The number of benzene rings is 2. The minimum absolute atomic E-state index is 0.296. The Labute approximate surface area is 126 Å². The van der Waals surface area contributed by atoms with Gasteiger partial charge in [0.25, 0.3) is 11.6 Å². The average molecular weight is 355 g/mol. The maximum Gasteiger partial charge on any atom is 0.296 e. The molecule has 1 amide bonds.